The average Bonchev–Trinajstić information content (AvgIpc) is 2.53. The largest absolute Gasteiger partial charge is 0.504 e. The molecule has 4 nitrogen and oxygen atoms in total. The van der Waals surface area contributed by atoms with Crippen molar-refractivity contribution in [3.8, 4) is 0 Å². The van der Waals surface area contributed by atoms with Crippen LogP contribution in [0.25, 0.3) is 0 Å². The van der Waals surface area contributed by atoms with Gasteiger partial charge in [0.1, 0.15) is 0 Å². The number of aliphatic hydroxyl groups is 1. The summed E-state index contributed by atoms with van der Waals surface area (Å²) in [6, 6.07) is 6.40. The van der Waals surface area contributed by atoms with Gasteiger partial charge in [-0.2, -0.15) is 0 Å². The van der Waals surface area contributed by atoms with E-state index in [1.165, 1.54) is 0 Å². The number of carbonyl (C=O) groups excluding carboxylic acids is 2. The monoisotopic (exact) mass is 301 g/mol. The Labute approximate surface area is 131 Å². The van der Waals surface area contributed by atoms with Crippen molar-refractivity contribution < 1.29 is 14.7 Å². The van der Waals surface area contributed by atoms with E-state index in [9.17, 15) is 14.7 Å². The maximum absolute atomic E-state index is 12.7. The highest BCUT2D eigenvalue weighted by Gasteiger charge is 2.35. The van der Waals surface area contributed by atoms with Crippen molar-refractivity contribution in [1.29, 1.82) is 0 Å². The number of rotatable bonds is 7. The normalized spacial score (nSPS) is 15.9. The van der Waals surface area contributed by atoms with Crippen LogP contribution in [0.2, 0.25) is 0 Å². The number of benzene rings is 1. The molecule has 1 aliphatic carbocycles. The third kappa shape index (κ3) is 3.12. The zero-order valence-electron chi connectivity index (χ0n) is 13.2. The molecule has 0 heterocycles. The minimum Gasteiger partial charge on any atom is -0.504 e. The van der Waals surface area contributed by atoms with Gasteiger partial charge in [-0.15, -0.1) is 0 Å². The van der Waals surface area contributed by atoms with Crippen LogP contribution in [-0.2, 0) is 0 Å². The van der Waals surface area contributed by atoms with Gasteiger partial charge in [0, 0.05) is 17.2 Å². The van der Waals surface area contributed by atoms with Crippen LogP contribution in [0.3, 0.4) is 0 Å². The second-order valence-electron chi connectivity index (χ2n) is 5.62. The summed E-state index contributed by atoms with van der Waals surface area (Å²) < 4.78 is 0. The van der Waals surface area contributed by atoms with Gasteiger partial charge in [-0.25, -0.2) is 0 Å². The van der Waals surface area contributed by atoms with E-state index in [0.29, 0.717) is 12.0 Å². The number of unbranched alkanes of at least 4 members (excludes halogenated alkanes) is 1. The summed E-state index contributed by atoms with van der Waals surface area (Å²) in [5, 5.41) is 13.6. The van der Waals surface area contributed by atoms with Crippen LogP contribution >= 0.6 is 0 Å². The first-order chi connectivity index (χ1) is 10.6. The third-order valence-electron chi connectivity index (χ3n) is 3.98. The topological polar surface area (TPSA) is 66.4 Å². The Bertz CT molecular complexity index is 604. The smallest absolute Gasteiger partial charge is 0.228 e. The molecule has 118 valence electrons. The van der Waals surface area contributed by atoms with E-state index in [0.717, 1.165) is 25.8 Å². The quantitative estimate of drug-likeness (QED) is 0.757. The first-order valence-corrected chi connectivity index (χ1v) is 7.96. The minimum atomic E-state index is -0.455. The fourth-order valence-corrected chi connectivity index (χ4v) is 2.80. The van der Waals surface area contributed by atoms with E-state index in [-0.39, 0.29) is 23.0 Å². The summed E-state index contributed by atoms with van der Waals surface area (Å²) in [4.78, 5) is 25.0. The number of nitrogens with one attached hydrogen (secondary N) is 1. The fraction of sp³-hybridized carbons (Fsp3) is 0.444. The lowest BCUT2D eigenvalue weighted by Gasteiger charge is -2.25. The lowest BCUT2D eigenvalue weighted by molar-refractivity contribution is 0.0921. The molecule has 0 bridgehead atoms. The zero-order chi connectivity index (χ0) is 16.1. The molecule has 4 heteroatoms. The number of ketones is 2. The Morgan fingerprint density at radius 2 is 1.68 bits per heavy atom. The highest BCUT2D eigenvalue weighted by Crippen LogP contribution is 2.28. The molecule has 0 aromatic heterocycles. The molecule has 22 heavy (non-hydrogen) atoms. The van der Waals surface area contributed by atoms with Crippen molar-refractivity contribution in [1.82, 2.24) is 5.32 Å². The second kappa shape index (κ2) is 7.36. The number of carbonyl (C=O) groups is 2. The van der Waals surface area contributed by atoms with Gasteiger partial charge in [0.25, 0.3) is 0 Å². The molecule has 1 atom stereocenters. The molecule has 0 fully saturated rings. The summed E-state index contributed by atoms with van der Waals surface area (Å²) in [7, 11) is 0. The fourth-order valence-electron chi connectivity index (χ4n) is 2.80. The van der Waals surface area contributed by atoms with Crippen LogP contribution in [0.4, 0.5) is 0 Å². The first kappa shape index (κ1) is 16.4. The standard InChI is InChI=1S/C18H23NO3/c1-3-5-11-19-14(8-4-2)15-16(20)12-9-6-7-10-13(12)17(21)18(15)22/h6-7,9-10,14,19,22H,3-5,8,11H2,1-2H3. The van der Waals surface area contributed by atoms with Crippen LogP contribution in [0, 0.1) is 0 Å². The van der Waals surface area contributed by atoms with Gasteiger partial charge in [-0.05, 0) is 19.4 Å². The zero-order valence-corrected chi connectivity index (χ0v) is 13.2. The van der Waals surface area contributed by atoms with Crippen molar-refractivity contribution in [3.05, 3.63) is 46.7 Å². The van der Waals surface area contributed by atoms with Crippen LogP contribution in [0.15, 0.2) is 35.6 Å². The number of fused-ring (bicyclic) bond motifs is 1. The molecular weight excluding hydrogens is 278 g/mol. The molecule has 0 saturated heterocycles. The van der Waals surface area contributed by atoms with Crippen LogP contribution in [-0.4, -0.2) is 29.3 Å². The number of aliphatic hydroxyl groups excluding tert-OH is 1. The van der Waals surface area contributed by atoms with Crippen LogP contribution in [0.1, 0.15) is 60.2 Å². The summed E-state index contributed by atoms with van der Waals surface area (Å²) >= 11 is 0. The minimum absolute atomic E-state index is 0.224. The van der Waals surface area contributed by atoms with E-state index in [4.69, 9.17) is 0 Å². The summed E-state index contributed by atoms with van der Waals surface area (Å²) in [6.45, 7) is 4.88. The van der Waals surface area contributed by atoms with Gasteiger partial charge in [-0.1, -0.05) is 51.0 Å². The first-order valence-electron chi connectivity index (χ1n) is 7.96. The highest BCUT2D eigenvalue weighted by molar-refractivity contribution is 6.26. The molecule has 0 saturated carbocycles. The molecule has 1 aromatic rings. The van der Waals surface area contributed by atoms with Crippen molar-refractivity contribution in [2.24, 2.45) is 0 Å². The molecule has 0 amide bonds. The van der Waals surface area contributed by atoms with Crippen molar-refractivity contribution in [2.75, 3.05) is 6.54 Å². The van der Waals surface area contributed by atoms with Crippen molar-refractivity contribution in [3.63, 3.8) is 0 Å². The van der Waals surface area contributed by atoms with Crippen molar-refractivity contribution in [2.45, 2.75) is 45.6 Å². The predicted molar refractivity (Wildman–Crippen MR) is 86.4 cm³/mol. The molecule has 1 aliphatic rings. The molecule has 0 radical (unpaired) electrons. The maximum Gasteiger partial charge on any atom is 0.228 e. The van der Waals surface area contributed by atoms with E-state index < -0.39 is 11.5 Å². The lowest BCUT2D eigenvalue weighted by atomic mass is 9.83. The summed E-state index contributed by atoms with van der Waals surface area (Å²) in [5.41, 5.74) is 0.901. The summed E-state index contributed by atoms with van der Waals surface area (Å²) in [6.07, 6.45) is 3.62. The number of Topliss-reactive ketones (excluding diaryl/α,β-unsaturated/α-hetero) is 2. The van der Waals surface area contributed by atoms with Gasteiger partial charge < -0.3 is 10.4 Å². The Morgan fingerprint density at radius 1 is 1.05 bits per heavy atom. The second-order valence-corrected chi connectivity index (χ2v) is 5.62. The molecule has 1 aromatic carbocycles. The molecule has 0 spiro atoms. The van der Waals surface area contributed by atoms with Gasteiger partial charge in [0.2, 0.25) is 5.78 Å². The predicted octanol–water partition coefficient (Wildman–Crippen LogP) is 3.44. The van der Waals surface area contributed by atoms with Crippen LogP contribution in [0.5, 0.6) is 0 Å². The Morgan fingerprint density at radius 3 is 2.27 bits per heavy atom. The number of allylic oxidation sites excluding steroid dienone is 1. The maximum atomic E-state index is 12.7. The van der Waals surface area contributed by atoms with E-state index in [1.54, 1.807) is 24.3 Å². The van der Waals surface area contributed by atoms with Gasteiger partial charge in [-0.3, -0.25) is 9.59 Å². The number of hydrogen-bond donors (Lipinski definition) is 2. The molecular formula is C18H23NO3. The Hall–Kier alpha value is -1.94. The van der Waals surface area contributed by atoms with E-state index in [1.807, 2.05) is 6.92 Å². The highest BCUT2D eigenvalue weighted by atomic mass is 16.3. The third-order valence-corrected chi connectivity index (χ3v) is 3.98. The average molecular weight is 301 g/mol. The molecule has 2 N–H and O–H groups in total. The van der Waals surface area contributed by atoms with E-state index in [2.05, 4.69) is 12.2 Å². The Kier molecular flexibility index (Phi) is 5.50. The molecule has 1 unspecified atom stereocenters. The SMILES string of the molecule is CCCCNC(CCC)C1=C(O)C(=O)c2ccccc2C1=O. The number of hydrogen-bond acceptors (Lipinski definition) is 4. The lowest BCUT2D eigenvalue weighted by Crippen LogP contribution is -2.38. The van der Waals surface area contributed by atoms with Crippen molar-refractivity contribution >= 4 is 11.6 Å². The van der Waals surface area contributed by atoms with E-state index >= 15 is 0 Å². The van der Waals surface area contributed by atoms with Gasteiger partial charge in [0.15, 0.2) is 11.5 Å². The molecule has 0 aliphatic heterocycles. The van der Waals surface area contributed by atoms with Crippen LogP contribution < -0.4 is 5.32 Å². The van der Waals surface area contributed by atoms with Gasteiger partial charge in [0.05, 0.1) is 5.57 Å². The summed E-state index contributed by atoms with van der Waals surface area (Å²) in [5.74, 6) is -1.09. The molecule has 2 rings (SSSR count). The van der Waals surface area contributed by atoms with Gasteiger partial charge >= 0.3 is 0 Å². The Balaban J connectivity index is 2.36.